The zero-order valence-electron chi connectivity index (χ0n) is 6.73. The summed E-state index contributed by atoms with van der Waals surface area (Å²) < 4.78 is 4.87. The second-order valence-electron chi connectivity index (χ2n) is 2.41. The maximum Gasteiger partial charge on any atom is 0.244 e. The number of aromatic nitrogens is 5. The van der Waals surface area contributed by atoms with Crippen molar-refractivity contribution in [3.05, 3.63) is 12.2 Å². The lowest BCUT2D eigenvalue weighted by molar-refractivity contribution is 0.379. The van der Waals surface area contributed by atoms with Gasteiger partial charge >= 0.3 is 0 Å². The van der Waals surface area contributed by atoms with Crippen LogP contribution in [0.15, 0.2) is 10.9 Å². The molecule has 1 N–H and O–H groups in total. The Bertz CT molecular complexity index is 381. The SMILES string of the molecule is C[C@@H](Cl)c1nc(-c2ncn[nH]2)no1. The largest absolute Gasteiger partial charge is 0.337 e. The van der Waals surface area contributed by atoms with Gasteiger partial charge in [-0.25, -0.2) is 4.98 Å². The molecular formula is C6H6ClN5O. The van der Waals surface area contributed by atoms with Crippen LogP contribution in [0.3, 0.4) is 0 Å². The van der Waals surface area contributed by atoms with Gasteiger partial charge in [0.05, 0.1) is 0 Å². The Hall–Kier alpha value is -1.43. The van der Waals surface area contributed by atoms with E-state index in [0.717, 1.165) is 0 Å². The van der Waals surface area contributed by atoms with E-state index in [0.29, 0.717) is 17.5 Å². The molecular weight excluding hydrogens is 194 g/mol. The van der Waals surface area contributed by atoms with Crippen molar-refractivity contribution in [1.82, 2.24) is 25.3 Å². The fraction of sp³-hybridized carbons (Fsp3) is 0.333. The van der Waals surface area contributed by atoms with Crippen LogP contribution in [0.4, 0.5) is 0 Å². The van der Waals surface area contributed by atoms with E-state index in [-0.39, 0.29) is 5.38 Å². The lowest BCUT2D eigenvalue weighted by Crippen LogP contribution is -1.86. The number of nitrogens with one attached hydrogen (secondary N) is 1. The van der Waals surface area contributed by atoms with Crippen LogP contribution in [0.5, 0.6) is 0 Å². The minimum absolute atomic E-state index is 0.302. The molecule has 0 bridgehead atoms. The first-order valence-electron chi connectivity index (χ1n) is 3.61. The van der Waals surface area contributed by atoms with Crippen LogP contribution in [0, 0.1) is 0 Å². The molecule has 2 aromatic heterocycles. The molecule has 7 heteroatoms. The summed E-state index contributed by atoms with van der Waals surface area (Å²) >= 11 is 5.74. The molecule has 0 aliphatic rings. The summed E-state index contributed by atoms with van der Waals surface area (Å²) in [7, 11) is 0. The van der Waals surface area contributed by atoms with Crippen LogP contribution >= 0.6 is 11.6 Å². The second kappa shape index (κ2) is 3.14. The van der Waals surface area contributed by atoms with Gasteiger partial charge in [0, 0.05) is 0 Å². The van der Waals surface area contributed by atoms with Gasteiger partial charge in [0.1, 0.15) is 11.7 Å². The van der Waals surface area contributed by atoms with Gasteiger partial charge in [0.25, 0.3) is 0 Å². The van der Waals surface area contributed by atoms with Crippen molar-refractivity contribution in [2.24, 2.45) is 0 Å². The molecule has 68 valence electrons. The summed E-state index contributed by atoms with van der Waals surface area (Å²) in [6.45, 7) is 1.75. The van der Waals surface area contributed by atoms with Crippen molar-refractivity contribution >= 4 is 11.6 Å². The Labute approximate surface area is 78.3 Å². The Balaban J connectivity index is 2.33. The average Bonchev–Trinajstić information content (AvgIpc) is 2.75. The first-order valence-corrected chi connectivity index (χ1v) is 4.04. The normalized spacial score (nSPS) is 13.1. The third kappa shape index (κ3) is 1.52. The van der Waals surface area contributed by atoms with E-state index in [1.807, 2.05) is 0 Å². The molecule has 13 heavy (non-hydrogen) atoms. The number of H-pyrrole nitrogens is 1. The minimum Gasteiger partial charge on any atom is -0.337 e. The van der Waals surface area contributed by atoms with Crippen molar-refractivity contribution in [3.63, 3.8) is 0 Å². The highest BCUT2D eigenvalue weighted by molar-refractivity contribution is 6.20. The molecule has 6 nitrogen and oxygen atoms in total. The van der Waals surface area contributed by atoms with Gasteiger partial charge in [0.2, 0.25) is 11.7 Å². The molecule has 0 radical (unpaired) electrons. The average molecular weight is 200 g/mol. The van der Waals surface area contributed by atoms with Gasteiger partial charge in [-0.3, -0.25) is 5.10 Å². The Morgan fingerprint density at radius 1 is 1.62 bits per heavy atom. The van der Waals surface area contributed by atoms with Crippen molar-refractivity contribution < 1.29 is 4.52 Å². The number of rotatable bonds is 2. The third-order valence-electron chi connectivity index (χ3n) is 1.41. The van der Waals surface area contributed by atoms with Gasteiger partial charge in [0.15, 0.2) is 5.82 Å². The highest BCUT2D eigenvalue weighted by Gasteiger charge is 2.13. The van der Waals surface area contributed by atoms with Crippen LogP contribution in [-0.2, 0) is 0 Å². The van der Waals surface area contributed by atoms with E-state index in [1.165, 1.54) is 6.33 Å². The van der Waals surface area contributed by atoms with E-state index in [2.05, 4.69) is 25.3 Å². The molecule has 0 unspecified atom stereocenters. The molecule has 0 aliphatic heterocycles. The summed E-state index contributed by atoms with van der Waals surface area (Å²) in [5.74, 6) is 1.19. The quantitative estimate of drug-likeness (QED) is 0.734. The monoisotopic (exact) mass is 199 g/mol. The zero-order valence-corrected chi connectivity index (χ0v) is 7.49. The summed E-state index contributed by atoms with van der Waals surface area (Å²) in [4.78, 5) is 7.87. The predicted molar refractivity (Wildman–Crippen MR) is 43.9 cm³/mol. The first kappa shape index (κ1) is 8.18. The van der Waals surface area contributed by atoms with Gasteiger partial charge < -0.3 is 4.52 Å². The molecule has 0 amide bonds. The molecule has 0 aliphatic carbocycles. The molecule has 1 atom stereocenters. The van der Waals surface area contributed by atoms with Crippen LogP contribution in [-0.4, -0.2) is 25.3 Å². The van der Waals surface area contributed by atoms with Gasteiger partial charge in [-0.05, 0) is 6.92 Å². The van der Waals surface area contributed by atoms with Crippen LogP contribution < -0.4 is 0 Å². The van der Waals surface area contributed by atoms with E-state index in [1.54, 1.807) is 6.92 Å². The standard InChI is InChI=1S/C6H6ClN5O/c1-3(7)6-10-5(12-13-6)4-8-2-9-11-4/h2-3H,1H3,(H,8,9,11)/t3-/m1/s1. The van der Waals surface area contributed by atoms with Crippen LogP contribution in [0.25, 0.3) is 11.6 Å². The predicted octanol–water partition coefficient (Wildman–Crippen LogP) is 1.15. The summed E-state index contributed by atoms with van der Waals surface area (Å²) in [6, 6.07) is 0. The molecule has 0 spiro atoms. The van der Waals surface area contributed by atoms with E-state index in [4.69, 9.17) is 16.1 Å². The van der Waals surface area contributed by atoms with Crippen LogP contribution in [0.1, 0.15) is 18.2 Å². The number of nitrogens with zero attached hydrogens (tertiary/aromatic N) is 4. The lowest BCUT2D eigenvalue weighted by Gasteiger charge is -1.89. The van der Waals surface area contributed by atoms with Crippen molar-refractivity contribution in [3.8, 4) is 11.6 Å². The van der Waals surface area contributed by atoms with Gasteiger partial charge in [-0.1, -0.05) is 5.16 Å². The minimum atomic E-state index is -0.302. The third-order valence-corrected chi connectivity index (χ3v) is 1.60. The van der Waals surface area contributed by atoms with Gasteiger partial charge in [-0.15, -0.1) is 11.6 Å². The maximum absolute atomic E-state index is 5.74. The highest BCUT2D eigenvalue weighted by Crippen LogP contribution is 2.19. The maximum atomic E-state index is 5.74. The number of alkyl halides is 1. The first-order chi connectivity index (χ1) is 6.27. The van der Waals surface area contributed by atoms with E-state index in [9.17, 15) is 0 Å². The fourth-order valence-corrected chi connectivity index (χ4v) is 0.895. The van der Waals surface area contributed by atoms with Crippen molar-refractivity contribution in [2.45, 2.75) is 12.3 Å². The second-order valence-corrected chi connectivity index (χ2v) is 3.06. The topological polar surface area (TPSA) is 80.5 Å². The van der Waals surface area contributed by atoms with Crippen molar-refractivity contribution in [2.75, 3.05) is 0 Å². The number of aromatic amines is 1. The van der Waals surface area contributed by atoms with Gasteiger partial charge in [-0.2, -0.15) is 10.1 Å². The molecule has 0 aromatic carbocycles. The molecule has 0 saturated carbocycles. The lowest BCUT2D eigenvalue weighted by atomic mass is 10.5. The number of halogens is 1. The molecule has 0 fully saturated rings. The number of hydrogen-bond donors (Lipinski definition) is 1. The summed E-state index contributed by atoms with van der Waals surface area (Å²) in [5.41, 5.74) is 0. The Kier molecular flexibility index (Phi) is 1.97. The van der Waals surface area contributed by atoms with Crippen LogP contribution in [0.2, 0.25) is 0 Å². The summed E-state index contributed by atoms with van der Waals surface area (Å²) in [6.07, 6.45) is 1.37. The fourth-order valence-electron chi connectivity index (χ4n) is 0.806. The Morgan fingerprint density at radius 2 is 2.46 bits per heavy atom. The molecule has 2 heterocycles. The molecule has 2 rings (SSSR count). The van der Waals surface area contributed by atoms with E-state index >= 15 is 0 Å². The van der Waals surface area contributed by atoms with Crippen molar-refractivity contribution in [1.29, 1.82) is 0 Å². The molecule has 0 saturated heterocycles. The Morgan fingerprint density at radius 3 is 3.00 bits per heavy atom. The molecule has 2 aromatic rings. The zero-order chi connectivity index (χ0) is 9.26. The smallest absolute Gasteiger partial charge is 0.244 e. The summed E-state index contributed by atoms with van der Waals surface area (Å²) in [5, 5.41) is 9.65. The van der Waals surface area contributed by atoms with E-state index < -0.39 is 0 Å². The number of hydrogen-bond acceptors (Lipinski definition) is 5. The highest BCUT2D eigenvalue weighted by atomic mass is 35.5.